The lowest BCUT2D eigenvalue weighted by atomic mass is 10.1. The van der Waals surface area contributed by atoms with E-state index in [4.69, 9.17) is 4.74 Å². The highest BCUT2D eigenvalue weighted by atomic mass is 16.5. The Bertz CT molecular complexity index is 899. The summed E-state index contributed by atoms with van der Waals surface area (Å²) in [5.41, 5.74) is 2.96. The highest BCUT2D eigenvalue weighted by Gasteiger charge is 2.15. The molecule has 0 radical (unpaired) electrons. The number of aryl methyl sites for hydroxylation is 1. The number of amides is 3. The summed E-state index contributed by atoms with van der Waals surface area (Å²) < 4.78 is 4.94. The van der Waals surface area contributed by atoms with Gasteiger partial charge in [-0.05, 0) is 38.1 Å². The number of rotatable bonds is 12. The van der Waals surface area contributed by atoms with Crippen LogP contribution in [-0.4, -0.2) is 63.0 Å². The van der Waals surface area contributed by atoms with Crippen LogP contribution in [0.3, 0.4) is 0 Å². The van der Waals surface area contributed by atoms with Crippen LogP contribution in [0.5, 0.6) is 0 Å². The van der Waals surface area contributed by atoms with E-state index >= 15 is 0 Å². The fourth-order valence-corrected chi connectivity index (χ4v) is 3.01. The van der Waals surface area contributed by atoms with Gasteiger partial charge in [-0.25, -0.2) is 0 Å². The fraction of sp³-hybridized carbons (Fsp3) is 0.375. The maximum Gasteiger partial charge on any atom is 0.253 e. The lowest BCUT2D eigenvalue weighted by Crippen LogP contribution is -2.39. The molecule has 8 heteroatoms. The van der Waals surface area contributed by atoms with Gasteiger partial charge in [0.2, 0.25) is 11.8 Å². The Morgan fingerprint density at radius 2 is 1.62 bits per heavy atom. The van der Waals surface area contributed by atoms with Gasteiger partial charge in [0.15, 0.2) is 0 Å². The first-order chi connectivity index (χ1) is 15.4. The van der Waals surface area contributed by atoms with Gasteiger partial charge in [0.1, 0.15) is 0 Å². The summed E-state index contributed by atoms with van der Waals surface area (Å²) in [6, 6.07) is 14.8. The fourth-order valence-electron chi connectivity index (χ4n) is 3.01. The van der Waals surface area contributed by atoms with Crippen molar-refractivity contribution in [2.75, 3.05) is 45.7 Å². The predicted octanol–water partition coefficient (Wildman–Crippen LogP) is 1.95. The number of carbonyl (C=O) groups is 3. The molecule has 0 spiro atoms. The van der Waals surface area contributed by atoms with Crippen molar-refractivity contribution in [3.63, 3.8) is 0 Å². The van der Waals surface area contributed by atoms with Crippen molar-refractivity contribution in [3.8, 4) is 0 Å². The molecule has 0 aromatic heterocycles. The summed E-state index contributed by atoms with van der Waals surface area (Å²) >= 11 is 0. The number of anilines is 1. The first-order valence-electron chi connectivity index (χ1n) is 10.6. The summed E-state index contributed by atoms with van der Waals surface area (Å²) in [6.07, 6.45) is 0.731. The summed E-state index contributed by atoms with van der Waals surface area (Å²) in [4.78, 5) is 38.7. The normalized spacial score (nSPS) is 10.6. The van der Waals surface area contributed by atoms with E-state index in [2.05, 4.69) is 16.0 Å². The van der Waals surface area contributed by atoms with E-state index in [1.807, 2.05) is 31.2 Å². The molecule has 3 amide bonds. The van der Waals surface area contributed by atoms with Crippen molar-refractivity contribution in [2.45, 2.75) is 19.9 Å². The maximum atomic E-state index is 12.7. The minimum absolute atomic E-state index is 0.0187. The molecule has 0 heterocycles. The Hall–Kier alpha value is -3.23. The van der Waals surface area contributed by atoms with E-state index in [9.17, 15) is 14.4 Å². The molecule has 0 unspecified atom stereocenters. The Morgan fingerprint density at radius 1 is 0.938 bits per heavy atom. The molecule has 0 fully saturated rings. The highest BCUT2D eigenvalue weighted by Crippen LogP contribution is 2.15. The van der Waals surface area contributed by atoms with Crippen molar-refractivity contribution in [1.29, 1.82) is 0 Å². The standard InChI is InChI=1S/C24H32N4O4/c1-18-9-11-19(12-10-18)15-26-24(31)20-7-4-5-8-21(20)27-23(30)17-28(2)16-22(29)25-13-6-14-32-3/h4-5,7-12H,6,13-17H2,1-3H3,(H,25,29)(H,26,31)(H,27,30). The third-order valence-corrected chi connectivity index (χ3v) is 4.69. The molecule has 8 nitrogen and oxygen atoms in total. The van der Waals surface area contributed by atoms with Crippen LogP contribution in [0.4, 0.5) is 5.69 Å². The second kappa shape index (κ2) is 13.2. The van der Waals surface area contributed by atoms with E-state index in [0.29, 0.717) is 30.9 Å². The van der Waals surface area contributed by atoms with Gasteiger partial charge in [0, 0.05) is 26.8 Å². The first-order valence-corrected chi connectivity index (χ1v) is 10.6. The number of methoxy groups -OCH3 is 1. The average molecular weight is 441 g/mol. The van der Waals surface area contributed by atoms with Crippen LogP contribution in [0.2, 0.25) is 0 Å². The molecule has 0 saturated heterocycles. The summed E-state index contributed by atoms with van der Waals surface area (Å²) in [7, 11) is 3.30. The molecule has 0 saturated carbocycles. The van der Waals surface area contributed by atoms with Crippen molar-refractivity contribution < 1.29 is 19.1 Å². The van der Waals surface area contributed by atoms with E-state index in [0.717, 1.165) is 17.5 Å². The zero-order valence-electron chi connectivity index (χ0n) is 18.9. The van der Waals surface area contributed by atoms with E-state index in [-0.39, 0.29) is 30.8 Å². The molecule has 0 atom stereocenters. The lowest BCUT2D eigenvalue weighted by Gasteiger charge is -2.17. The third-order valence-electron chi connectivity index (χ3n) is 4.69. The molecule has 2 aromatic carbocycles. The van der Waals surface area contributed by atoms with Crippen LogP contribution >= 0.6 is 0 Å². The van der Waals surface area contributed by atoms with Gasteiger partial charge in [0.05, 0.1) is 24.3 Å². The Labute approximate surface area is 189 Å². The van der Waals surface area contributed by atoms with Crippen molar-refractivity contribution >= 4 is 23.4 Å². The number of nitrogens with zero attached hydrogens (tertiary/aromatic N) is 1. The SMILES string of the molecule is COCCCNC(=O)CN(C)CC(=O)Nc1ccccc1C(=O)NCc1ccc(C)cc1. The van der Waals surface area contributed by atoms with Crippen LogP contribution in [0.15, 0.2) is 48.5 Å². The molecule has 3 N–H and O–H groups in total. The molecule has 0 aliphatic carbocycles. The summed E-state index contributed by atoms with van der Waals surface area (Å²) in [6.45, 7) is 3.62. The van der Waals surface area contributed by atoms with Gasteiger partial charge in [-0.3, -0.25) is 19.3 Å². The zero-order chi connectivity index (χ0) is 23.3. The predicted molar refractivity (Wildman–Crippen MR) is 124 cm³/mol. The summed E-state index contributed by atoms with van der Waals surface area (Å²) in [5, 5.41) is 8.43. The van der Waals surface area contributed by atoms with Gasteiger partial charge < -0.3 is 20.7 Å². The molecular formula is C24H32N4O4. The van der Waals surface area contributed by atoms with Gasteiger partial charge in [-0.1, -0.05) is 42.0 Å². The van der Waals surface area contributed by atoms with Gasteiger partial charge >= 0.3 is 0 Å². The van der Waals surface area contributed by atoms with E-state index in [1.165, 1.54) is 0 Å². The van der Waals surface area contributed by atoms with Gasteiger partial charge in [-0.15, -0.1) is 0 Å². The average Bonchev–Trinajstić information content (AvgIpc) is 2.76. The Balaban J connectivity index is 1.85. The zero-order valence-corrected chi connectivity index (χ0v) is 18.9. The molecule has 32 heavy (non-hydrogen) atoms. The smallest absolute Gasteiger partial charge is 0.253 e. The monoisotopic (exact) mass is 440 g/mol. The number of nitrogens with one attached hydrogen (secondary N) is 3. The number of para-hydroxylation sites is 1. The van der Waals surface area contributed by atoms with Crippen LogP contribution in [0.1, 0.15) is 27.9 Å². The number of carbonyl (C=O) groups excluding carboxylic acids is 3. The highest BCUT2D eigenvalue weighted by molar-refractivity contribution is 6.04. The topological polar surface area (TPSA) is 99.8 Å². The maximum absolute atomic E-state index is 12.7. The number of ether oxygens (including phenoxy) is 1. The van der Waals surface area contributed by atoms with Crippen molar-refractivity contribution in [3.05, 3.63) is 65.2 Å². The molecule has 2 rings (SSSR count). The van der Waals surface area contributed by atoms with Gasteiger partial charge in [-0.2, -0.15) is 0 Å². The number of hydrogen-bond acceptors (Lipinski definition) is 5. The van der Waals surface area contributed by atoms with Crippen LogP contribution in [0, 0.1) is 6.92 Å². The molecule has 0 bridgehead atoms. The van der Waals surface area contributed by atoms with Crippen LogP contribution in [0.25, 0.3) is 0 Å². The first kappa shape index (κ1) is 25.0. The molecule has 172 valence electrons. The van der Waals surface area contributed by atoms with Crippen molar-refractivity contribution in [1.82, 2.24) is 15.5 Å². The molecule has 0 aliphatic rings. The molecular weight excluding hydrogens is 408 g/mol. The second-order valence-electron chi connectivity index (χ2n) is 7.63. The molecule has 0 aliphatic heterocycles. The van der Waals surface area contributed by atoms with Crippen molar-refractivity contribution in [2.24, 2.45) is 0 Å². The van der Waals surface area contributed by atoms with Crippen LogP contribution in [-0.2, 0) is 20.9 Å². The lowest BCUT2D eigenvalue weighted by molar-refractivity contribution is -0.123. The van der Waals surface area contributed by atoms with Gasteiger partial charge in [0.25, 0.3) is 5.91 Å². The Morgan fingerprint density at radius 3 is 2.34 bits per heavy atom. The second-order valence-corrected chi connectivity index (χ2v) is 7.63. The minimum Gasteiger partial charge on any atom is -0.385 e. The summed E-state index contributed by atoms with van der Waals surface area (Å²) in [5.74, 6) is -0.740. The quantitative estimate of drug-likeness (QED) is 0.438. The Kier molecular flexibility index (Phi) is 10.4. The van der Waals surface area contributed by atoms with E-state index < -0.39 is 0 Å². The number of benzene rings is 2. The minimum atomic E-state index is -0.307. The van der Waals surface area contributed by atoms with E-state index in [1.54, 1.807) is 43.3 Å². The number of hydrogen-bond donors (Lipinski definition) is 3. The third kappa shape index (κ3) is 8.87. The van der Waals surface area contributed by atoms with Crippen LogP contribution < -0.4 is 16.0 Å². The number of likely N-dealkylation sites (N-methyl/N-ethyl adjacent to an activating group) is 1. The molecule has 2 aromatic rings. The largest absolute Gasteiger partial charge is 0.385 e.